The van der Waals surface area contributed by atoms with Crippen LogP contribution in [-0.2, 0) is 25.6 Å². The van der Waals surface area contributed by atoms with Crippen molar-refractivity contribution in [2.24, 2.45) is 4.99 Å². The van der Waals surface area contributed by atoms with Crippen LogP contribution in [0.5, 0.6) is 0 Å². The summed E-state index contributed by atoms with van der Waals surface area (Å²) < 4.78 is 13.4. The second kappa shape index (κ2) is 11.8. The number of aliphatic imine (C=N–C) groups is 1. The standard InChI is InChI=1S/C29H28BrN3O5S/c1-3-38-29(36)26-27(35)24(39-28(26)31-21-7-4-18(2)5-8-21)14-19-16-33(23-9-6-20(30)15-22(19)23)17-25(34)32-10-12-37-13-11-32/h4-9,14-16,35H,3,10-13,17H2,1-2H3/b24-14-,31-28?. The Bertz CT molecular complexity index is 1520. The van der Waals surface area contributed by atoms with Crippen molar-refractivity contribution in [3.05, 3.63) is 80.5 Å². The van der Waals surface area contributed by atoms with Crippen LogP contribution in [0.25, 0.3) is 17.0 Å². The molecule has 0 bridgehead atoms. The summed E-state index contributed by atoms with van der Waals surface area (Å²) in [5, 5.41) is 12.4. The van der Waals surface area contributed by atoms with Crippen LogP contribution in [0.3, 0.4) is 0 Å². The Morgan fingerprint density at radius 3 is 2.64 bits per heavy atom. The quantitative estimate of drug-likeness (QED) is 0.357. The van der Waals surface area contributed by atoms with E-state index in [0.29, 0.717) is 41.9 Å². The van der Waals surface area contributed by atoms with E-state index in [0.717, 1.165) is 26.5 Å². The van der Waals surface area contributed by atoms with Gasteiger partial charge in [0.15, 0.2) is 0 Å². The third-order valence-electron chi connectivity index (χ3n) is 6.46. The van der Waals surface area contributed by atoms with Crippen LogP contribution >= 0.6 is 27.7 Å². The Balaban J connectivity index is 1.54. The van der Waals surface area contributed by atoms with Gasteiger partial charge in [-0.05, 0) is 50.3 Å². The smallest absolute Gasteiger partial charge is 0.344 e. The molecule has 0 saturated carbocycles. The average molecular weight is 611 g/mol. The van der Waals surface area contributed by atoms with Crippen molar-refractivity contribution >= 4 is 67.3 Å². The number of halogens is 1. The second-order valence-electron chi connectivity index (χ2n) is 9.17. The van der Waals surface area contributed by atoms with E-state index in [1.54, 1.807) is 6.92 Å². The van der Waals surface area contributed by atoms with Crippen molar-refractivity contribution in [1.82, 2.24) is 9.47 Å². The molecule has 8 nitrogen and oxygen atoms in total. The van der Waals surface area contributed by atoms with Crippen molar-refractivity contribution in [2.45, 2.75) is 20.4 Å². The van der Waals surface area contributed by atoms with Gasteiger partial charge in [0.05, 0.1) is 30.4 Å². The lowest BCUT2D eigenvalue weighted by Crippen LogP contribution is -2.42. The zero-order valence-corrected chi connectivity index (χ0v) is 24.0. The summed E-state index contributed by atoms with van der Waals surface area (Å²) >= 11 is 4.76. The molecule has 1 aromatic heterocycles. The fraction of sp³-hybridized carbons (Fsp3) is 0.276. The van der Waals surface area contributed by atoms with E-state index in [1.165, 1.54) is 11.8 Å². The number of carbonyl (C=O) groups is 2. The van der Waals surface area contributed by atoms with Crippen LogP contribution in [0.2, 0.25) is 0 Å². The number of hydrogen-bond acceptors (Lipinski definition) is 7. The SMILES string of the molecule is CCOC(=O)C1=C(O)/C(=C/c2cn(CC(=O)N3CCOCC3)c3ccc(Br)cc23)SC1=Nc1ccc(C)cc1. The number of aliphatic hydroxyl groups is 1. The number of aliphatic hydroxyl groups excluding tert-OH is 1. The first-order chi connectivity index (χ1) is 18.8. The number of benzene rings is 2. The first kappa shape index (κ1) is 27.2. The number of nitrogens with zero attached hydrogens (tertiary/aromatic N) is 3. The predicted molar refractivity (Wildman–Crippen MR) is 157 cm³/mol. The maximum Gasteiger partial charge on any atom is 0.344 e. The molecule has 39 heavy (non-hydrogen) atoms. The molecule has 0 aliphatic carbocycles. The molecule has 202 valence electrons. The van der Waals surface area contributed by atoms with Gasteiger partial charge in [0.2, 0.25) is 5.91 Å². The topological polar surface area (TPSA) is 93.4 Å². The largest absolute Gasteiger partial charge is 0.506 e. The lowest BCUT2D eigenvalue weighted by molar-refractivity contribution is -0.138. The van der Waals surface area contributed by atoms with Crippen molar-refractivity contribution in [2.75, 3.05) is 32.9 Å². The fourth-order valence-electron chi connectivity index (χ4n) is 4.47. The van der Waals surface area contributed by atoms with Crippen molar-refractivity contribution in [3.63, 3.8) is 0 Å². The molecule has 3 aromatic rings. The molecule has 1 fully saturated rings. The number of carbonyl (C=O) groups excluding carboxylic acids is 2. The van der Waals surface area contributed by atoms with Gasteiger partial charge in [-0.1, -0.05) is 45.4 Å². The Kier molecular flexibility index (Phi) is 8.25. The number of ether oxygens (including phenoxy) is 2. The van der Waals surface area contributed by atoms with E-state index in [4.69, 9.17) is 9.47 Å². The summed E-state index contributed by atoms with van der Waals surface area (Å²) in [6, 6.07) is 13.5. The van der Waals surface area contributed by atoms with Gasteiger partial charge in [-0.25, -0.2) is 9.79 Å². The third-order valence-corrected chi connectivity index (χ3v) is 7.98. The summed E-state index contributed by atoms with van der Waals surface area (Å²) in [5.41, 5.74) is 3.49. The van der Waals surface area contributed by atoms with E-state index in [9.17, 15) is 14.7 Å². The average Bonchev–Trinajstić information content (AvgIpc) is 3.41. The number of amides is 1. The summed E-state index contributed by atoms with van der Waals surface area (Å²) in [6.45, 7) is 6.31. The Labute approximate surface area is 239 Å². The maximum absolute atomic E-state index is 13.0. The lowest BCUT2D eigenvalue weighted by Gasteiger charge is -2.27. The predicted octanol–water partition coefficient (Wildman–Crippen LogP) is 5.76. The Morgan fingerprint density at radius 1 is 1.18 bits per heavy atom. The first-order valence-electron chi connectivity index (χ1n) is 12.6. The number of morpholine rings is 1. The number of thioether (sulfide) groups is 1. The summed E-state index contributed by atoms with van der Waals surface area (Å²) in [4.78, 5) is 32.8. The molecule has 0 atom stereocenters. The van der Waals surface area contributed by atoms with Crippen LogP contribution in [-0.4, -0.2) is 64.4 Å². The van der Waals surface area contributed by atoms with Crippen LogP contribution in [0.15, 0.2) is 74.4 Å². The van der Waals surface area contributed by atoms with Crippen LogP contribution in [0, 0.1) is 6.92 Å². The zero-order valence-electron chi connectivity index (χ0n) is 21.6. The maximum atomic E-state index is 13.0. The van der Waals surface area contributed by atoms with Crippen LogP contribution in [0.4, 0.5) is 5.69 Å². The van der Waals surface area contributed by atoms with Gasteiger partial charge in [0.1, 0.15) is 22.9 Å². The molecule has 1 amide bonds. The van der Waals surface area contributed by atoms with Gasteiger partial charge in [0, 0.05) is 40.2 Å². The normalized spacial score (nSPS) is 18.0. The summed E-state index contributed by atoms with van der Waals surface area (Å²) in [5.74, 6) is -0.782. The molecular weight excluding hydrogens is 582 g/mol. The van der Waals surface area contributed by atoms with Gasteiger partial charge in [-0.2, -0.15) is 0 Å². The number of fused-ring (bicyclic) bond motifs is 1. The number of esters is 1. The minimum atomic E-state index is -0.627. The highest BCUT2D eigenvalue weighted by molar-refractivity contribution is 9.10. The Morgan fingerprint density at radius 2 is 1.92 bits per heavy atom. The monoisotopic (exact) mass is 609 g/mol. The van der Waals surface area contributed by atoms with E-state index in [2.05, 4.69) is 20.9 Å². The van der Waals surface area contributed by atoms with E-state index >= 15 is 0 Å². The molecule has 1 N–H and O–H groups in total. The molecule has 1 saturated heterocycles. The van der Waals surface area contributed by atoms with Gasteiger partial charge < -0.3 is 24.0 Å². The molecule has 2 aliphatic heterocycles. The number of rotatable bonds is 6. The third kappa shape index (κ3) is 5.98. The molecule has 3 heterocycles. The van der Waals surface area contributed by atoms with Crippen molar-refractivity contribution in [1.29, 1.82) is 0 Å². The summed E-state index contributed by atoms with van der Waals surface area (Å²) in [7, 11) is 0. The highest BCUT2D eigenvalue weighted by Gasteiger charge is 2.33. The van der Waals surface area contributed by atoms with Gasteiger partial charge in [-0.3, -0.25) is 4.79 Å². The van der Waals surface area contributed by atoms with Crippen LogP contribution in [0.1, 0.15) is 18.1 Å². The molecule has 10 heteroatoms. The number of hydrogen-bond donors (Lipinski definition) is 1. The summed E-state index contributed by atoms with van der Waals surface area (Å²) in [6.07, 6.45) is 3.72. The highest BCUT2D eigenvalue weighted by Crippen LogP contribution is 2.41. The molecule has 2 aliphatic rings. The van der Waals surface area contributed by atoms with E-state index in [1.807, 2.05) is 71.1 Å². The molecule has 0 unspecified atom stereocenters. The molecule has 0 radical (unpaired) electrons. The van der Waals surface area contributed by atoms with Gasteiger partial charge >= 0.3 is 5.97 Å². The van der Waals surface area contributed by atoms with Crippen molar-refractivity contribution < 1.29 is 24.2 Å². The van der Waals surface area contributed by atoms with Crippen molar-refractivity contribution in [3.8, 4) is 0 Å². The Hall–Kier alpha value is -3.34. The zero-order chi connectivity index (χ0) is 27.5. The minimum Gasteiger partial charge on any atom is -0.506 e. The first-order valence-corrected chi connectivity index (χ1v) is 14.2. The van der Waals surface area contributed by atoms with Crippen LogP contribution < -0.4 is 0 Å². The molecule has 2 aromatic carbocycles. The number of aromatic nitrogens is 1. The highest BCUT2D eigenvalue weighted by atomic mass is 79.9. The molecule has 0 spiro atoms. The van der Waals surface area contributed by atoms with E-state index in [-0.39, 0.29) is 30.4 Å². The lowest BCUT2D eigenvalue weighted by atomic mass is 10.1. The molecule has 5 rings (SSSR count). The minimum absolute atomic E-state index is 0.0208. The van der Waals surface area contributed by atoms with E-state index < -0.39 is 5.97 Å². The van der Waals surface area contributed by atoms with Gasteiger partial charge in [0.25, 0.3) is 0 Å². The molecular formula is C29H28BrN3O5S. The van der Waals surface area contributed by atoms with Gasteiger partial charge in [-0.15, -0.1) is 0 Å². The second-order valence-corrected chi connectivity index (χ2v) is 11.1. The fourth-order valence-corrected chi connectivity index (χ4v) is 5.86. The number of aryl methyl sites for hydroxylation is 1.